The van der Waals surface area contributed by atoms with Crippen LogP contribution < -0.4 is 24.8 Å². The highest BCUT2D eigenvalue weighted by molar-refractivity contribution is 6.10. The Bertz CT molecular complexity index is 1450. The molecule has 11 nitrogen and oxygen atoms in total. The van der Waals surface area contributed by atoms with Crippen molar-refractivity contribution in [3.8, 4) is 17.8 Å². The molecule has 2 fully saturated rings. The zero-order valence-electron chi connectivity index (χ0n) is 24.1. The number of anilines is 2. The molecule has 1 aromatic carbocycles. The first-order valence-electron chi connectivity index (χ1n) is 15.1. The maximum absolute atomic E-state index is 13.6. The second kappa shape index (κ2) is 12.8. The smallest absolute Gasteiger partial charge is 0.321 e. The fraction of sp³-hybridized carbons (Fsp3) is 0.469. The molecular formula is C32H37N5O6. The Morgan fingerprint density at radius 2 is 1.81 bits per heavy atom. The van der Waals surface area contributed by atoms with Crippen molar-refractivity contribution >= 4 is 23.4 Å². The Morgan fingerprint density at radius 1 is 1.02 bits per heavy atom. The van der Waals surface area contributed by atoms with Gasteiger partial charge < -0.3 is 30.0 Å². The van der Waals surface area contributed by atoms with Crippen molar-refractivity contribution in [3.05, 3.63) is 59.3 Å². The number of hydrogen-bond acceptors (Lipinski definition) is 9. The van der Waals surface area contributed by atoms with Crippen molar-refractivity contribution < 1.29 is 28.9 Å². The highest BCUT2D eigenvalue weighted by Gasteiger charge is 2.31. The lowest BCUT2D eigenvalue weighted by Gasteiger charge is -2.28. The number of aromatic nitrogens is 3. The van der Waals surface area contributed by atoms with Crippen molar-refractivity contribution in [1.29, 1.82) is 0 Å². The number of rotatable bonds is 10. The average Bonchev–Trinajstić information content (AvgIpc) is 3.14. The third kappa shape index (κ3) is 6.81. The van der Waals surface area contributed by atoms with E-state index >= 15 is 0 Å². The summed E-state index contributed by atoms with van der Waals surface area (Å²) in [5.74, 6) is 0.335. The van der Waals surface area contributed by atoms with E-state index in [1.165, 1.54) is 12.0 Å². The summed E-state index contributed by atoms with van der Waals surface area (Å²) in [5.41, 5.74) is 9.14. The molecule has 3 aliphatic rings. The van der Waals surface area contributed by atoms with Gasteiger partial charge in [-0.25, -0.2) is 4.98 Å². The Morgan fingerprint density at radius 3 is 2.53 bits per heavy atom. The van der Waals surface area contributed by atoms with Crippen molar-refractivity contribution in [2.24, 2.45) is 5.92 Å². The number of amides is 1. The molecule has 2 saturated carbocycles. The molecule has 0 saturated heterocycles. The van der Waals surface area contributed by atoms with Gasteiger partial charge in [-0.1, -0.05) is 18.2 Å². The minimum Gasteiger partial charge on any atom is -0.481 e. The van der Waals surface area contributed by atoms with E-state index in [9.17, 15) is 9.59 Å². The third-order valence-corrected chi connectivity index (χ3v) is 8.59. The van der Waals surface area contributed by atoms with Gasteiger partial charge in [0.15, 0.2) is 0 Å². The summed E-state index contributed by atoms with van der Waals surface area (Å²) in [6.45, 7) is 0.836. The monoisotopic (exact) mass is 587 g/mol. The Hall–Kier alpha value is -4.41. The average molecular weight is 588 g/mol. The van der Waals surface area contributed by atoms with Crippen molar-refractivity contribution in [2.75, 3.05) is 30.4 Å². The quantitative estimate of drug-likeness (QED) is 0.339. The molecular weight excluding hydrogens is 550 g/mol. The van der Waals surface area contributed by atoms with Crippen LogP contribution in [0, 0.1) is 5.92 Å². The molecule has 0 unspecified atom stereocenters. The number of nitrogens with zero attached hydrogens (tertiary/aromatic N) is 4. The minimum atomic E-state index is -0.723. The molecule has 2 aliphatic carbocycles. The van der Waals surface area contributed by atoms with Gasteiger partial charge in [-0.2, -0.15) is 9.97 Å². The maximum atomic E-state index is 13.6. The van der Waals surface area contributed by atoms with E-state index in [1.807, 2.05) is 30.3 Å². The van der Waals surface area contributed by atoms with Crippen LogP contribution in [0.4, 0.5) is 11.5 Å². The largest absolute Gasteiger partial charge is 0.481 e. The standard InChI is InChI=1S/C32H37N5O6/c33-29-28-30(36-32(35-29)42-17-15-23-3-1-6-26(34-23)43-25-4-2-5-25)41-18-16-37(31(28)40)24-13-11-22(12-14-24)21-9-7-20(8-10-21)19-27(38)39/h1,3,6,11-14,20-21,25H,2,4-5,7-10,15-19H2,(H,38,39)(H2,33,35,36). The van der Waals surface area contributed by atoms with Gasteiger partial charge in [0.25, 0.3) is 5.91 Å². The first kappa shape index (κ1) is 28.7. The molecule has 2 aromatic heterocycles. The summed E-state index contributed by atoms with van der Waals surface area (Å²) in [7, 11) is 0. The second-order valence-corrected chi connectivity index (χ2v) is 11.5. The Labute approximate surface area is 250 Å². The summed E-state index contributed by atoms with van der Waals surface area (Å²) in [4.78, 5) is 39.4. The summed E-state index contributed by atoms with van der Waals surface area (Å²) >= 11 is 0. The fourth-order valence-corrected chi connectivity index (χ4v) is 5.96. The fourth-order valence-electron chi connectivity index (χ4n) is 5.96. The van der Waals surface area contributed by atoms with Gasteiger partial charge in [0.05, 0.1) is 13.2 Å². The van der Waals surface area contributed by atoms with Gasteiger partial charge in [-0.3, -0.25) is 9.59 Å². The number of benzene rings is 1. The number of nitrogen functional groups attached to an aromatic ring is 1. The predicted octanol–water partition coefficient (Wildman–Crippen LogP) is 4.79. The predicted molar refractivity (Wildman–Crippen MR) is 159 cm³/mol. The van der Waals surface area contributed by atoms with Gasteiger partial charge in [-0.15, -0.1) is 0 Å². The first-order valence-corrected chi connectivity index (χ1v) is 15.1. The van der Waals surface area contributed by atoms with Crippen LogP contribution in [0.3, 0.4) is 0 Å². The van der Waals surface area contributed by atoms with Crippen LogP contribution in [0.2, 0.25) is 0 Å². The molecule has 3 N–H and O–H groups in total. The highest BCUT2D eigenvalue weighted by atomic mass is 16.5. The second-order valence-electron chi connectivity index (χ2n) is 11.5. The highest BCUT2D eigenvalue weighted by Crippen LogP contribution is 2.38. The zero-order chi connectivity index (χ0) is 29.8. The third-order valence-electron chi connectivity index (χ3n) is 8.59. The lowest BCUT2D eigenvalue weighted by molar-refractivity contribution is -0.138. The normalized spacial score (nSPS) is 20.4. The lowest BCUT2D eigenvalue weighted by Crippen LogP contribution is -2.32. The van der Waals surface area contributed by atoms with E-state index in [1.54, 1.807) is 4.90 Å². The Balaban J connectivity index is 1.07. The van der Waals surface area contributed by atoms with Gasteiger partial charge >= 0.3 is 12.0 Å². The molecule has 43 heavy (non-hydrogen) atoms. The molecule has 3 heterocycles. The molecule has 0 atom stereocenters. The molecule has 6 rings (SSSR count). The summed E-state index contributed by atoms with van der Waals surface area (Å²) in [6.07, 6.45) is 8.14. The number of carbonyl (C=O) groups excluding carboxylic acids is 1. The number of ether oxygens (including phenoxy) is 3. The Kier molecular flexibility index (Phi) is 8.57. The number of hydrogen-bond donors (Lipinski definition) is 2. The number of carboxylic acids is 1. The molecule has 11 heteroatoms. The zero-order valence-corrected chi connectivity index (χ0v) is 24.1. The molecule has 0 spiro atoms. The molecule has 226 valence electrons. The molecule has 1 amide bonds. The van der Waals surface area contributed by atoms with Crippen LogP contribution >= 0.6 is 0 Å². The van der Waals surface area contributed by atoms with Crippen LogP contribution in [0.5, 0.6) is 17.8 Å². The van der Waals surface area contributed by atoms with E-state index in [-0.39, 0.29) is 60.8 Å². The number of fused-ring (bicyclic) bond motifs is 1. The van der Waals surface area contributed by atoms with Crippen LogP contribution in [0.15, 0.2) is 42.5 Å². The van der Waals surface area contributed by atoms with E-state index < -0.39 is 5.97 Å². The SMILES string of the molecule is Nc1nc(OCCc2cccc(OC3CCC3)n2)nc2c1C(=O)N(c1ccc(C3CCC(CC(=O)O)CC3)cc1)CCO2. The molecule has 1 aliphatic heterocycles. The number of carboxylic acid groups (broad SMARTS) is 1. The van der Waals surface area contributed by atoms with Crippen LogP contribution in [0.25, 0.3) is 0 Å². The van der Waals surface area contributed by atoms with Crippen molar-refractivity contribution in [2.45, 2.75) is 69.8 Å². The van der Waals surface area contributed by atoms with E-state index in [0.29, 0.717) is 24.8 Å². The summed E-state index contributed by atoms with van der Waals surface area (Å²) < 4.78 is 17.5. The number of carbonyl (C=O) groups is 2. The lowest BCUT2D eigenvalue weighted by atomic mass is 9.77. The number of pyridine rings is 1. The molecule has 0 bridgehead atoms. The van der Waals surface area contributed by atoms with E-state index in [2.05, 4.69) is 27.1 Å². The van der Waals surface area contributed by atoms with Crippen LogP contribution in [0.1, 0.15) is 78.9 Å². The molecule has 0 radical (unpaired) electrons. The minimum absolute atomic E-state index is 0.000613. The van der Waals surface area contributed by atoms with E-state index in [4.69, 9.17) is 25.1 Å². The topological polar surface area (TPSA) is 150 Å². The first-order chi connectivity index (χ1) is 20.9. The van der Waals surface area contributed by atoms with Gasteiger partial charge in [-0.05, 0) is 80.5 Å². The maximum Gasteiger partial charge on any atom is 0.321 e. The molecule has 3 aromatic rings. The van der Waals surface area contributed by atoms with Gasteiger partial charge in [0.2, 0.25) is 11.8 Å². The van der Waals surface area contributed by atoms with Crippen molar-refractivity contribution in [3.63, 3.8) is 0 Å². The van der Waals surface area contributed by atoms with Gasteiger partial charge in [0, 0.05) is 30.3 Å². The summed E-state index contributed by atoms with van der Waals surface area (Å²) in [6, 6.07) is 13.7. The van der Waals surface area contributed by atoms with Crippen LogP contribution in [-0.2, 0) is 11.2 Å². The van der Waals surface area contributed by atoms with Crippen LogP contribution in [-0.4, -0.2) is 57.8 Å². The number of aliphatic carboxylic acids is 1. The van der Waals surface area contributed by atoms with Gasteiger partial charge in [0.1, 0.15) is 24.1 Å². The van der Waals surface area contributed by atoms with Crippen molar-refractivity contribution in [1.82, 2.24) is 15.0 Å². The van der Waals surface area contributed by atoms with E-state index in [0.717, 1.165) is 49.9 Å². The number of nitrogens with two attached hydrogens (primary N) is 1. The summed E-state index contributed by atoms with van der Waals surface area (Å²) in [5, 5.41) is 9.08.